The molecule has 0 amide bonds. The Hall–Kier alpha value is -1.22. The fourth-order valence-electron chi connectivity index (χ4n) is 3.39. The molecule has 1 aromatic carbocycles. The minimum absolute atomic E-state index is 0.633. The van der Waals surface area contributed by atoms with Crippen molar-refractivity contribution in [2.75, 3.05) is 43.4 Å². The number of nitrogens with zero attached hydrogens (tertiary/aromatic N) is 2. The van der Waals surface area contributed by atoms with E-state index in [0.29, 0.717) is 6.04 Å². The van der Waals surface area contributed by atoms with Crippen LogP contribution in [0.4, 0.5) is 11.4 Å². The number of benzene rings is 1. The van der Waals surface area contributed by atoms with Crippen LogP contribution in [0.5, 0.6) is 0 Å². The molecule has 2 heterocycles. The second kappa shape index (κ2) is 6.49. The average Bonchev–Trinajstić information content (AvgIpc) is 2.92. The van der Waals surface area contributed by atoms with Crippen molar-refractivity contribution in [2.24, 2.45) is 0 Å². The van der Waals surface area contributed by atoms with Crippen LogP contribution in [0.1, 0.15) is 32.1 Å². The lowest BCUT2D eigenvalue weighted by Crippen LogP contribution is -2.23. The van der Waals surface area contributed by atoms with Gasteiger partial charge in [0.05, 0.1) is 0 Å². The summed E-state index contributed by atoms with van der Waals surface area (Å²) in [6, 6.07) is 9.62. The molecule has 0 saturated carbocycles. The van der Waals surface area contributed by atoms with Crippen molar-refractivity contribution in [3.63, 3.8) is 0 Å². The quantitative estimate of drug-likeness (QED) is 0.912. The molecule has 1 unspecified atom stereocenters. The Bertz CT molecular complexity index is 426. The Balaban J connectivity index is 1.63. The van der Waals surface area contributed by atoms with Gasteiger partial charge in [-0.1, -0.05) is 6.07 Å². The minimum Gasteiger partial charge on any atom is -0.382 e. The molecule has 2 fully saturated rings. The number of rotatable bonds is 3. The predicted octanol–water partition coefficient (Wildman–Crippen LogP) is 3.18. The highest BCUT2D eigenvalue weighted by atomic mass is 15.1. The molecular formula is C17H27N3. The first-order valence-electron chi connectivity index (χ1n) is 8.11. The van der Waals surface area contributed by atoms with Crippen molar-refractivity contribution in [3.05, 3.63) is 24.3 Å². The third-order valence-electron chi connectivity index (χ3n) is 4.64. The van der Waals surface area contributed by atoms with Crippen LogP contribution in [0.15, 0.2) is 24.3 Å². The summed E-state index contributed by atoms with van der Waals surface area (Å²) in [4.78, 5) is 4.95. The molecular weight excluding hydrogens is 246 g/mol. The van der Waals surface area contributed by atoms with Gasteiger partial charge < -0.3 is 15.1 Å². The number of hydrogen-bond acceptors (Lipinski definition) is 3. The van der Waals surface area contributed by atoms with Crippen molar-refractivity contribution in [1.82, 2.24) is 4.90 Å². The number of nitrogens with one attached hydrogen (secondary N) is 1. The molecule has 0 aromatic heterocycles. The highest BCUT2D eigenvalue weighted by molar-refractivity contribution is 5.58. The van der Waals surface area contributed by atoms with Gasteiger partial charge in [-0.15, -0.1) is 0 Å². The van der Waals surface area contributed by atoms with E-state index in [1.165, 1.54) is 69.7 Å². The largest absolute Gasteiger partial charge is 0.382 e. The molecule has 0 spiro atoms. The van der Waals surface area contributed by atoms with E-state index in [0.717, 1.165) is 0 Å². The van der Waals surface area contributed by atoms with Gasteiger partial charge in [-0.05, 0) is 70.4 Å². The summed E-state index contributed by atoms with van der Waals surface area (Å²) in [7, 11) is 2.23. The fraction of sp³-hybridized carbons (Fsp3) is 0.647. The monoisotopic (exact) mass is 273 g/mol. The predicted molar refractivity (Wildman–Crippen MR) is 86.6 cm³/mol. The van der Waals surface area contributed by atoms with E-state index >= 15 is 0 Å². The smallest absolute Gasteiger partial charge is 0.0386 e. The summed E-state index contributed by atoms with van der Waals surface area (Å²) < 4.78 is 0. The zero-order chi connectivity index (χ0) is 13.8. The summed E-state index contributed by atoms with van der Waals surface area (Å²) in [5, 5.41) is 3.75. The molecule has 0 aliphatic carbocycles. The molecule has 2 saturated heterocycles. The molecule has 1 atom stereocenters. The molecule has 2 aliphatic heterocycles. The first kappa shape index (κ1) is 13.7. The zero-order valence-corrected chi connectivity index (χ0v) is 12.6. The van der Waals surface area contributed by atoms with Crippen LogP contribution in [0.25, 0.3) is 0 Å². The van der Waals surface area contributed by atoms with Gasteiger partial charge in [-0.25, -0.2) is 0 Å². The first-order chi connectivity index (χ1) is 9.81. The van der Waals surface area contributed by atoms with Crippen molar-refractivity contribution in [2.45, 2.75) is 38.1 Å². The molecule has 0 bridgehead atoms. The van der Waals surface area contributed by atoms with E-state index < -0.39 is 0 Å². The van der Waals surface area contributed by atoms with Crippen LogP contribution >= 0.6 is 0 Å². The van der Waals surface area contributed by atoms with E-state index in [4.69, 9.17) is 0 Å². The Morgan fingerprint density at radius 1 is 1.00 bits per heavy atom. The lowest BCUT2D eigenvalue weighted by atomic mass is 10.1. The SMILES string of the molecule is CN1CCCC(Nc2cccc(N3CCCC3)c2)CC1. The Morgan fingerprint density at radius 3 is 2.70 bits per heavy atom. The van der Waals surface area contributed by atoms with Gasteiger partial charge in [0.1, 0.15) is 0 Å². The van der Waals surface area contributed by atoms with Gasteiger partial charge in [0, 0.05) is 30.5 Å². The zero-order valence-electron chi connectivity index (χ0n) is 12.6. The second-order valence-electron chi connectivity index (χ2n) is 6.32. The average molecular weight is 273 g/mol. The van der Waals surface area contributed by atoms with E-state index in [-0.39, 0.29) is 0 Å². The van der Waals surface area contributed by atoms with Crippen LogP contribution < -0.4 is 10.2 Å². The molecule has 110 valence electrons. The number of hydrogen-bond donors (Lipinski definition) is 1. The topological polar surface area (TPSA) is 18.5 Å². The van der Waals surface area contributed by atoms with Gasteiger partial charge in [0.2, 0.25) is 0 Å². The first-order valence-corrected chi connectivity index (χ1v) is 8.11. The van der Waals surface area contributed by atoms with Gasteiger partial charge >= 0.3 is 0 Å². The molecule has 3 heteroatoms. The van der Waals surface area contributed by atoms with Crippen molar-refractivity contribution in [3.8, 4) is 0 Å². The van der Waals surface area contributed by atoms with Crippen molar-refractivity contribution < 1.29 is 0 Å². The maximum absolute atomic E-state index is 3.75. The molecule has 1 N–H and O–H groups in total. The Labute approximate surface area is 123 Å². The van der Waals surface area contributed by atoms with Gasteiger partial charge in [-0.2, -0.15) is 0 Å². The van der Waals surface area contributed by atoms with Crippen LogP contribution in [-0.4, -0.2) is 44.2 Å². The molecule has 3 nitrogen and oxygen atoms in total. The van der Waals surface area contributed by atoms with E-state index in [9.17, 15) is 0 Å². The summed E-state index contributed by atoms with van der Waals surface area (Å²) in [5.41, 5.74) is 2.68. The number of anilines is 2. The minimum atomic E-state index is 0.633. The molecule has 2 aliphatic rings. The van der Waals surface area contributed by atoms with Gasteiger partial charge in [-0.3, -0.25) is 0 Å². The van der Waals surface area contributed by atoms with Crippen LogP contribution in [0, 0.1) is 0 Å². The van der Waals surface area contributed by atoms with Crippen molar-refractivity contribution in [1.29, 1.82) is 0 Å². The van der Waals surface area contributed by atoms with Crippen LogP contribution in [0.2, 0.25) is 0 Å². The molecule has 1 aromatic rings. The van der Waals surface area contributed by atoms with E-state index in [2.05, 4.69) is 46.4 Å². The van der Waals surface area contributed by atoms with Crippen LogP contribution in [-0.2, 0) is 0 Å². The highest BCUT2D eigenvalue weighted by Crippen LogP contribution is 2.24. The standard InChI is InChI=1S/C17H27N3/c1-19-10-5-7-15(9-13-19)18-16-6-4-8-17(14-16)20-11-2-3-12-20/h4,6,8,14-15,18H,2-3,5,7,9-13H2,1H3. The summed E-state index contributed by atoms with van der Waals surface area (Å²) in [6.07, 6.45) is 6.53. The third kappa shape index (κ3) is 3.45. The van der Waals surface area contributed by atoms with E-state index in [1.54, 1.807) is 0 Å². The van der Waals surface area contributed by atoms with Gasteiger partial charge in [0.25, 0.3) is 0 Å². The molecule has 3 rings (SSSR count). The van der Waals surface area contributed by atoms with Crippen LogP contribution in [0.3, 0.4) is 0 Å². The number of likely N-dealkylation sites (tertiary alicyclic amines) is 1. The lowest BCUT2D eigenvalue weighted by Gasteiger charge is -2.21. The highest BCUT2D eigenvalue weighted by Gasteiger charge is 2.16. The Kier molecular flexibility index (Phi) is 4.46. The third-order valence-corrected chi connectivity index (χ3v) is 4.64. The molecule has 20 heavy (non-hydrogen) atoms. The fourth-order valence-corrected chi connectivity index (χ4v) is 3.39. The Morgan fingerprint density at radius 2 is 1.85 bits per heavy atom. The summed E-state index contributed by atoms with van der Waals surface area (Å²) in [5.74, 6) is 0. The normalized spacial score (nSPS) is 24.6. The van der Waals surface area contributed by atoms with Gasteiger partial charge in [0.15, 0.2) is 0 Å². The second-order valence-corrected chi connectivity index (χ2v) is 6.32. The maximum atomic E-state index is 3.75. The summed E-state index contributed by atoms with van der Waals surface area (Å²) in [6.45, 7) is 4.89. The maximum Gasteiger partial charge on any atom is 0.0386 e. The lowest BCUT2D eigenvalue weighted by molar-refractivity contribution is 0.348. The van der Waals surface area contributed by atoms with E-state index in [1.807, 2.05) is 0 Å². The van der Waals surface area contributed by atoms with Crippen molar-refractivity contribution >= 4 is 11.4 Å². The molecule has 0 radical (unpaired) electrons. The summed E-state index contributed by atoms with van der Waals surface area (Å²) >= 11 is 0.